The smallest absolute Gasteiger partial charge is 0.260 e. The lowest BCUT2D eigenvalue weighted by molar-refractivity contribution is 0.687. The quantitative estimate of drug-likeness (QED) is 0.363. The minimum atomic E-state index is -0.109. The average molecular weight is 446 g/mol. The number of aromatic amines is 1. The van der Waals surface area contributed by atoms with Crippen LogP contribution in [-0.2, 0) is 12.3 Å². The van der Waals surface area contributed by atoms with Crippen LogP contribution in [0.15, 0.2) is 76.0 Å². The fraction of sp³-hybridized carbons (Fsp3) is 0.130. The van der Waals surface area contributed by atoms with Crippen LogP contribution in [0.2, 0.25) is 0 Å². The van der Waals surface area contributed by atoms with E-state index in [0.29, 0.717) is 17.0 Å². The summed E-state index contributed by atoms with van der Waals surface area (Å²) < 4.78 is 2.08. The maximum atomic E-state index is 12.8. The van der Waals surface area contributed by atoms with Crippen molar-refractivity contribution >= 4 is 33.3 Å². The molecular weight excluding hydrogens is 426 g/mol. The molecule has 0 bridgehead atoms. The summed E-state index contributed by atoms with van der Waals surface area (Å²) in [6, 6.07) is 19.9. The molecule has 3 aromatic heterocycles. The van der Waals surface area contributed by atoms with Gasteiger partial charge in [-0.25, -0.2) is 4.98 Å². The summed E-state index contributed by atoms with van der Waals surface area (Å²) in [4.78, 5) is 21.3. The van der Waals surface area contributed by atoms with E-state index in [1.807, 2.05) is 66.0 Å². The largest absolute Gasteiger partial charge is 0.309 e. The highest BCUT2D eigenvalue weighted by Crippen LogP contribution is 2.31. The number of thiophene rings is 1. The second-order valence-electron chi connectivity index (χ2n) is 6.91. The fourth-order valence-electron chi connectivity index (χ4n) is 3.51. The predicted molar refractivity (Wildman–Crippen MR) is 126 cm³/mol. The van der Waals surface area contributed by atoms with Crippen molar-refractivity contribution in [2.75, 3.05) is 0 Å². The number of nitrogens with zero attached hydrogens (tertiary/aromatic N) is 4. The molecule has 2 aromatic carbocycles. The van der Waals surface area contributed by atoms with Gasteiger partial charge in [-0.3, -0.25) is 4.79 Å². The zero-order chi connectivity index (χ0) is 21.2. The first-order chi connectivity index (χ1) is 15.2. The molecule has 5 rings (SSSR count). The van der Waals surface area contributed by atoms with Gasteiger partial charge in [-0.2, -0.15) is 0 Å². The Morgan fingerprint density at radius 3 is 2.42 bits per heavy atom. The van der Waals surface area contributed by atoms with Crippen molar-refractivity contribution in [2.45, 2.75) is 24.4 Å². The van der Waals surface area contributed by atoms with E-state index in [1.165, 1.54) is 23.1 Å². The molecule has 0 saturated carbocycles. The number of fused-ring (bicyclic) bond motifs is 1. The first-order valence-corrected chi connectivity index (χ1v) is 11.8. The number of aromatic nitrogens is 5. The minimum Gasteiger partial charge on any atom is -0.309 e. The van der Waals surface area contributed by atoms with Crippen LogP contribution in [-0.4, -0.2) is 24.7 Å². The van der Waals surface area contributed by atoms with Crippen LogP contribution in [0.3, 0.4) is 0 Å². The Bertz CT molecular complexity index is 1390. The number of nitrogens with one attached hydrogen (secondary N) is 1. The molecule has 0 radical (unpaired) electrons. The van der Waals surface area contributed by atoms with Crippen molar-refractivity contribution in [2.24, 2.45) is 0 Å². The Balaban J connectivity index is 1.42. The Labute approximate surface area is 187 Å². The maximum Gasteiger partial charge on any atom is 0.260 e. The molecule has 0 atom stereocenters. The zero-order valence-electron chi connectivity index (χ0n) is 16.8. The van der Waals surface area contributed by atoms with Gasteiger partial charge in [0.25, 0.3) is 5.56 Å². The first-order valence-electron chi connectivity index (χ1n) is 9.92. The standard InChI is InChI=1S/C23H19N5OS2/c1-2-28-20(16-11-7-4-8-12-16)26-27-23(28)31-14-18-24-21(29)19-17(13-30-22(19)25-18)15-9-5-3-6-10-15/h3-13H,2,14H2,1H3,(H,24,25,29). The van der Waals surface area contributed by atoms with E-state index in [2.05, 4.69) is 26.7 Å². The average Bonchev–Trinajstić information content (AvgIpc) is 3.43. The summed E-state index contributed by atoms with van der Waals surface area (Å²) in [5.41, 5.74) is 2.87. The van der Waals surface area contributed by atoms with Crippen molar-refractivity contribution in [3.63, 3.8) is 0 Å². The van der Waals surface area contributed by atoms with Gasteiger partial charge in [-0.1, -0.05) is 72.4 Å². The summed E-state index contributed by atoms with van der Waals surface area (Å²) in [5, 5.41) is 12.2. The third kappa shape index (κ3) is 3.80. The third-order valence-corrected chi connectivity index (χ3v) is 6.83. The van der Waals surface area contributed by atoms with Gasteiger partial charge >= 0.3 is 0 Å². The molecule has 8 heteroatoms. The van der Waals surface area contributed by atoms with Gasteiger partial charge < -0.3 is 9.55 Å². The van der Waals surface area contributed by atoms with Crippen molar-refractivity contribution in [1.29, 1.82) is 0 Å². The van der Waals surface area contributed by atoms with E-state index in [0.717, 1.165) is 39.0 Å². The third-order valence-electron chi connectivity index (χ3n) is 4.98. The molecule has 0 aliphatic rings. The number of hydrogen-bond acceptors (Lipinski definition) is 6. The first kappa shape index (κ1) is 19.7. The lowest BCUT2D eigenvalue weighted by Gasteiger charge is -2.07. The topological polar surface area (TPSA) is 76.5 Å². The zero-order valence-corrected chi connectivity index (χ0v) is 18.4. The van der Waals surface area contributed by atoms with Crippen LogP contribution in [0.4, 0.5) is 0 Å². The highest BCUT2D eigenvalue weighted by atomic mass is 32.2. The van der Waals surface area contributed by atoms with Crippen LogP contribution in [0.1, 0.15) is 12.7 Å². The van der Waals surface area contributed by atoms with Crippen molar-refractivity contribution in [3.8, 4) is 22.5 Å². The number of H-pyrrole nitrogens is 1. The monoisotopic (exact) mass is 445 g/mol. The summed E-state index contributed by atoms with van der Waals surface area (Å²) in [6.07, 6.45) is 0. The van der Waals surface area contributed by atoms with Gasteiger partial charge in [-0.15, -0.1) is 21.5 Å². The SMILES string of the molecule is CCn1c(SCc2nc3scc(-c4ccccc4)c3c(=O)[nH]2)nnc1-c1ccccc1. The summed E-state index contributed by atoms with van der Waals surface area (Å²) >= 11 is 3.02. The fourth-order valence-corrected chi connectivity index (χ4v) is 5.35. The molecule has 0 amide bonds. The molecule has 6 nitrogen and oxygen atoms in total. The summed E-state index contributed by atoms with van der Waals surface area (Å²) in [7, 11) is 0. The number of thioether (sulfide) groups is 1. The van der Waals surface area contributed by atoms with E-state index in [1.54, 1.807) is 0 Å². The second-order valence-corrected chi connectivity index (χ2v) is 8.71. The van der Waals surface area contributed by atoms with Crippen molar-refractivity contribution in [1.82, 2.24) is 24.7 Å². The highest BCUT2D eigenvalue weighted by molar-refractivity contribution is 7.98. The van der Waals surface area contributed by atoms with Crippen LogP contribution in [0, 0.1) is 0 Å². The normalized spacial score (nSPS) is 11.3. The number of hydrogen-bond donors (Lipinski definition) is 1. The lowest BCUT2D eigenvalue weighted by atomic mass is 10.1. The molecule has 3 heterocycles. The van der Waals surface area contributed by atoms with Crippen molar-refractivity contribution in [3.05, 3.63) is 82.2 Å². The van der Waals surface area contributed by atoms with E-state index in [9.17, 15) is 4.79 Å². The molecule has 0 saturated heterocycles. The Morgan fingerprint density at radius 1 is 1.00 bits per heavy atom. The summed E-state index contributed by atoms with van der Waals surface area (Å²) in [6.45, 7) is 2.83. The minimum absolute atomic E-state index is 0.109. The lowest BCUT2D eigenvalue weighted by Crippen LogP contribution is -2.11. The molecule has 0 aliphatic heterocycles. The molecule has 5 aromatic rings. The van der Waals surface area contributed by atoms with Crippen LogP contribution in [0.5, 0.6) is 0 Å². The van der Waals surface area contributed by atoms with Crippen LogP contribution < -0.4 is 5.56 Å². The molecule has 154 valence electrons. The van der Waals surface area contributed by atoms with Crippen LogP contribution in [0.25, 0.3) is 32.7 Å². The van der Waals surface area contributed by atoms with Gasteiger partial charge in [-0.05, 0) is 12.5 Å². The van der Waals surface area contributed by atoms with E-state index in [4.69, 9.17) is 4.98 Å². The Hall–Kier alpha value is -3.23. The molecule has 0 aliphatic carbocycles. The van der Waals surface area contributed by atoms with Crippen LogP contribution >= 0.6 is 23.1 Å². The predicted octanol–water partition coefficient (Wildman–Crippen LogP) is 5.22. The second kappa shape index (κ2) is 8.49. The maximum absolute atomic E-state index is 12.8. The number of benzene rings is 2. The van der Waals surface area contributed by atoms with E-state index < -0.39 is 0 Å². The van der Waals surface area contributed by atoms with Gasteiger partial charge in [0.2, 0.25) is 0 Å². The van der Waals surface area contributed by atoms with Gasteiger partial charge in [0.05, 0.1) is 11.1 Å². The van der Waals surface area contributed by atoms with E-state index >= 15 is 0 Å². The Morgan fingerprint density at radius 2 is 1.71 bits per heavy atom. The molecule has 0 spiro atoms. The van der Waals surface area contributed by atoms with Crippen molar-refractivity contribution < 1.29 is 0 Å². The van der Waals surface area contributed by atoms with Gasteiger partial charge in [0.15, 0.2) is 11.0 Å². The molecule has 0 unspecified atom stereocenters. The Kier molecular flexibility index (Phi) is 5.40. The summed E-state index contributed by atoms with van der Waals surface area (Å²) in [5.74, 6) is 1.99. The van der Waals surface area contributed by atoms with Gasteiger partial charge in [0, 0.05) is 23.1 Å². The van der Waals surface area contributed by atoms with E-state index in [-0.39, 0.29) is 5.56 Å². The highest BCUT2D eigenvalue weighted by Gasteiger charge is 2.16. The molecule has 1 N–H and O–H groups in total. The molecule has 0 fully saturated rings. The number of rotatable bonds is 6. The molecule has 31 heavy (non-hydrogen) atoms. The van der Waals surface area contributed by atoms with Gasteiger partial charge in [0.1, 0.15) is 10.7 Å². The molecular formula is C23H19N5OS2.